The minimum Gasteiger partial charge on any atom is -0.433 e. The molecule has 2 amide bonds. The SMILES string of the molecule is C=CCN1C(=O)C(Cc2c(Oc3ccc(C)cc3[N+](=O)[O-])n(C)c3ccccc23)C(=O)NC1=S. The van der Waals surface area contributed by atoms with E-state index in [1.54, 1.807) is 24.6 Å². The molecular formula is C24H22N4O5S. The lowest BCUT2D eigenvalue weighted by Gasteiger charge is -2.31. The van der Waals surface area contributed by atoms with Gasteiger partial charge < -0.3 is 14.6 Å². The molecule has 34 heavy (non-hydrogen) atoms. The summed E-state index contributed by atoms with van der Waals surface area (Å²) < 4.78 is 7.86. The molecule has 1 atom stereocenters. The fourth-order valence-corrected chi connectivity index (χ4v) is 4.35. The lowest BCUT2D eigenvalue weighted by molar-refractivity contribution is -0.385. The fourth-order valence-electron chi connectivity index (χ4n) is 4.08. The zero-order valence-corrected chi connectivity index (χ0v) is 19.4. The highest BCUT2D eigenvalue weighted by molar-refractivity contribution is 7.80. The van der Waals surface area contributed by atoms with Crippen molar-refractivity contribution in [3.05, 3.63) is 76.4 Å². The maximum absolute atomic E-state index is 13.1. The van der Waals surface area contributed by atoms with E-state index in [1.807, 2.05) is 24.3 Å². The van der Waals surface area contributed by atoms with E-state index in [0.717, 1.165) is 16.5 Å². The third kappa shape index (κ3) is 4.03. The second-order valence-electron chi connectivity index (χ2n) is 7.98. The summed E-state index contributed by atoms with van der Waals surface area (Å²) >= 11 is 5.14. The van der Waals surface area contributed by atoms with Gasteiger partial charge in [-0.1, -0.05) is 30.3 Å². The Labute approximate surface area is 200 Å². The summed E-state index contributed by atoms with van der Waals surface area (Å²) in [5, 5.41) is 15.0. The molecule has 10 heteroatoms. The largest absolute Gasteiger partial charge is 0.433 e. The predicted molar refractivity (Wildman–Crippen MR) is 131 cm³/mol. The molecule has 1 aliphatic rings. The number of nitrogens with one attached hydrogen (secondary N) is 1. The third-order valence-corrected chi connectivity index (χ3v) is 6.07. The van der Waals surface area contributed by atoms with Crippen molar-refractivity contribution in [1.82, 2.24) is 14.8 Å². The van der Waals surface area contributed by atoms with Crippen molar-refractivity contribution in [2.75, 3.05) is 6.54 Å². The smallest absolute Gasteiger partial charge is 0.311 e. The van der Waals surface area contributed by atoms with Crippen LogP contribution in [-0.4, -0.2) is 37.9 Å². The molecule has 0 spiro atoms. The molecular weight excluding hydrogens is 456 g/mol. The second kappa shape index (κ2) is 9.06. The number of para-hydroxylation sites is 1. The van der Waals surface area contributed by atoms with E-state index < -0.39 is 22.7 Å². The molecule has 1 unspecified atom stereocenters. The van der Waals surface area contributed by atoms with Gasteiger partial charge in [-0.15, -0.1) is 6.58 Å². The first-order chi connectivity index (χ1) is 16.2. The molecule has 2 heterocycles. The number of nitro groups is 1. The molecule has 174 valence electrons. The van der Waals surface area contributed by atoms with Crippen LogP contribution in [0.2, 0.25) is 0 Å². The first-order valence-corrected chi connectivity index (χ1v) is 10.9. The molecule has 9 nitrogen and oxygen atoms in total. The molecule has 1 N–H and O–H groups in total. The van der Waals surface area contributed by atoms with Gasteiger partial charge >= 0.3 is 5.69 Å². The number of hydrogen-bond acceptors (Lipinski definition) is 6. The van der Waals surface area contributed by atoms with E-state index >= 15 is 0 Å². The van der Waals surface area contributed by atoms with Gasteiger partial charge in [0.05, 0.1) is 10.4 Å². The Morgan fingerprint density at radius 3 is 2.71 bits per heavy atom. The van der Waals surface area contributed by atoms with Gasteiger partial charge in [-0.3, -0.25) is 24.6 Å². The van der Waals surface area contributed by atoms with Crippen LogP contribution in [0.25, 0.3) is 10.9 Å². The first kappa shape index (κ1) is 23.1. The number of aryl methyl sites for hydroxylation is 2. The Balaban J connectivity index is 1.81. The van der Waals surface area contributed by atoms with Gasteiger partial charge in [0.1, 0.15) is 5.92 Å². The van der Waals surface area contributed by atoms with Gasteiger partial charge in [-0.25, -0.2) is 0 Å². The van der Waals surface area contributed by atoms with Gasteiger partial charge in [-0.05, 0) is 43.3 Å². The summed E-state index contributed by atoms with van der Waals surface area (Å²) in [5.41, 5.74) is 1.93. The van der Waals surface area contributed by atoms with Gasteiger partial charge in [0.25, 0.3) is 0 Å². The zero-order chi connectivity index (χ0) is 24.6. The van der Waals surface area contributed by atoms with E-state index in [0.29, 0.717) is 11.4 Å². The zero-order valence-electron chi connectivity index (χ0n) is 18.6. The number of nitrogens with zero attached hydrogens (tertiary/aromatic N) is 3. The van der Waals surface area contributed by atoms with Gasteiger partial charge in [-0.2, -0.15) is 0 Å². The minimum absolute atomic E-state index is 0.0251. The Morgan fingerprint density at radius 1 is 1.26 bits per heavy atom. The van der Waals surface area contributed by atoms with Crippen LogP contribution < -0.4 is 10.1 Å². The number of thiocarbonyl (C=S) groups is 1. The van der Waals surface area contributed by atoms with Crippen molar-refractivity contribution < 1.29 is 19.2 Å². The van der Waals surface area contributed by atoms with Crippen LogP contribution in [0.15, 0.2) is 55.1 Å². The average molecular weight is 479 g/mol. The highest BCUT2D eigenvalue weighted by atomic mass is 32.1. The van der Waals surface area contributed by atoms with E-state index in [9.17, 15) is 19.7 Å². The van der Waals surface area contributed by atoms with Crippen molar-refractivity contribution in [2.24, 2.45) is 13.0 Å². The number of nitro benzene ring substituents is 1. The van der Waals surface area contributed by atoms with Crippen LogP contribution in [0, 0.1) is 23.0 Å². The van der Waals surface area contributed by atoms with Crippen LogP contribution in [0.5, 0.6) is 11.6 Å². The number of benzene rings is 2. The van der Waals surface area contributed by atoms with Crippen molar-refractivity contribution in [2.45, 2.75) is 13.3 Å². The maximum atomic E-state index is 13.1. The molecule has 0 saturated carbocycles. The quantitative estimate of drug-likeness (QED) is 0.182. The Hall–Kier alpha value is -4.05. The highest BCUT2D eigenvalue weighted by Gasteiger charge is 2.39. The monoisotopic (exact) mass is 478 g/mol. The Morgan fingerprint density at radius 2 is 2.00 bits per heavy atom. The normalized spacial score (nSPS) is 16.0. The minimum atomic E-state index is -1.05. The molecule has 2 aromatic carbocycles. The van der Waals surface area contributed by atoms with E-state index in [2.05, 4.69) is 11.9 Å². The van der Waals surface area contributed by atoms with E-state index in [1.165, 1.54) is 23.1 Å². The summed E-state index contributed by atoms with van der Waals surface area (Å²) in [6, 6.07) is 12.1. The Kier molecular flexibility index (Phi) is 6.16. The van der Waals surface area contributed by atoms with E-state index in [-0.39, 0.29) is 29.5 Å². The van der Waals surface area contributed by atoms with Crippen LogP contribution >= 0.6 is 12.2 Å². The lowest BCUT2D eigenvalue weighted by atomic mass is 9.95. The first-order valence-electron chi connectivity index (χ1n) is 10.5. The van der Waals surface area contributed by atoms with Crippen LogP contribution in [0.4, 0.5) is 5.69 Å². The summed E-state index contributed by atoms with van der Waals surface area (Å²) in [6.45, 7) is 5.57. The number of carbonyl (C=O) groups excluding carboxylic acids is 2. The maximum Gasteiger partial charge on any atom is 0.311 e. The number of amides is 2. The molecule has 0 bridgehead atoms. The van der Waals surface area contributed by atoms with Crippen molar-refractivity contribution in [3.63, 3.8) is 0 Å². The van der Waals surface area contributed by atoms with Crippen molar-refractivity contribution >= 4 is 45.7 Å². The molecule has 0 aliphatic carbocycles. The number of rotatable bonds is 7. The van der Waals surface area contributed by atoms with Gasteiger partial charge in [0.2, 0.25) is 23.4 Å². The molecule has 1 saturated heterocycles. The number of ether oxygens (including phenoxy) is 1. The second-order valence-corrected chi connectivity index (χ2v) is 8.37. The summed E-state index contributed by atoms with van der Waals surface area (Å²) in [4.78, 5) is 38.3. The van der Waals surface area contributed by atoms with Crippen LogP contribution in [-0.2, 0) is 23.1 Å². The molecule has 0 radical (unpaired) electrons. The molecule has 4 rings (SSSR count). The number of fused-ring (bicyclic) bond motifs is 1. The molecule has 3 aromatic rings. The van der Waals surface area contributed by atoms with Gasteiger partial charge in [0.15, 0.2) is 5.11 Å². The number of aromatic nitrogens is 1. The molecule has 1 aromatic heterocycles. The fraction of sp³-hybridized carbons (Fsp3) is 0.208. The number of hydrogen-bond donors (Lipinski definition) is 1. The summed E-state index contributed by atoms with van der Waals surface area (Å²) in [7, 11) is 1.77. The molecule has 1 fully saturated rings. The Bertz CT molecular complexity index is 1360. The standard InChI is InChI=1S/C24H22N4O5S/c1-4-11-27-22(30)17(21(29)25-24(27)34)13-16-15-7-5-6-8-18(15)26(3)23(16)33-20-10-9-14(2)12-19(20)28(31)32/h4-10,12,17H,1,11,13H2,2-3H3,(H,25,29,34). The highest BCUT2D eigenvalue weighted by Crippen LogP contribution is 2.39. The topological polar surface area (TPSA) is 107 Å². The molecule has 1 aliphatic heterocycles. The predicted octanol–water partition coefficient (Wildman–Crippen LogP) is 3.78. The van der Waals surface area contributed by atoms with Crippen LogP contribution in [0.3, 0.4) is 0 Å². The van der Waals surface area contributed by atoms with Gasteiger partial charge in [0, 0.05) is 30.6 Å². The van der Waals surface area contributed by atoms with Crippen molar-refractivity contribution in [3.8, 4) is 11.6 Å². The lowest BCUT2D eigenvalue weighted by Crippen LogP contribution is -2.58. The average Bonchev–Trinajstić information content (AvgIpc) is 3.06. The summed E-state index contributed by atoms with van der Waals surface area (Å²) in [5.74, 6) is -1.61. The summed E-state index contributed by atoms with van der Waals surface area (Å²) in [6.07, 6.45) is 1.55. The third-order valence-electron chi connectivity index (χ3n) is 5.75. The van der Waals surface area contributed by atoms with E-state index in [4.69, 9.17) is 17.0 Å². The van der Waals surface area contributed by atoms with Crippen molar-refractivity contribution in [1.29, 1.82) is 0 Å². The van der Waals surface area contributed by atoms with Crippen LogP contribution in [0.1, 0.15) is 11.1 Å². The number of carbonyl (C=O) groups is 2.